The predicted octanol–water partition coefficient (Wildman–Crippen LogP) is 4.65. The number of fused-ring (bicyclic) bond motifs is 3. The minimum absolute atomic E-state index is 0.0115. The molecule has 0 saturated heterocycles. The average molecular weight is 846 g/mol. The number of primary amides is 1. The first-order valence-corrected chi connectivity index (χ1v) is 19.9. The summed E-state index contributed by atoms with van der Waals surface area (Å²) in [6, 6.07) is 19.9. The summed E-state index contributed by atoms with van der Waals surface area (Å²) in [5.41, 5.74) is 8.49. The number of carbonyl (C=O) groups excluding carboxylic acids is 5. The Morgan fingerprint density at radius 3 is 2.07 bits per heavy atom. The Labute approximate surface area is 343 Å². The molecule has 0 unspecified atom stereocenters. The minimum atomic E-state index is -5.22. The van der Waals surface area contributed by atoms with Crippen LogP contribution in [0.5, 0.6) is 5.75 Å². The van der Waals surface area contributed by atoms with Crippen molar-refractivity contribution >= 4 is 51.6 Å². The fourth-order valence-corrected chi connectivity index (χ4v) is 7.18. The molecule has 0 saturated carbocycles. The summed E-state index contributed by atoms with van der Waals surface area (Å²) >= 11 is 0. The lowest BCUT2D eigenvalue weighted by Gasteiger charge is -2.25. The number of amides is 5. The molecule has 0 aliphatic heterocycles. The van der Waals surface area contributed by atoms with E-state index in [-0.39, 0.29) is 54.6 Å². The normalized spacial score (nSPS) is 12.9. The molecule has 19 nitrogen and oxygen atoms in total. The number of non-ortho nitro benzene ring substituents is 1. The number of nitrogens with one attached hydrogen (secondary N) is 4. The number of hydrogen-bond donors (Lipinski definition) is 5. The topological polar surface area (TPSA) is 288 Å². The van der Waals surface area contributed by atoms with Crippen molar-refractivity contribution in [2.24, 2.45) is 11.7 Å². The molecule has 5 amide bonds. The molecule has 0 bridgehead atoms. The predicted molar refractivity (Wildman–Crippen MR) is 213 cm³/mol. The summed E-state index contributed by atoms with van der Waals surface area (Å²) < 4.78 is 52.2. The summed E-state index contributed by atoms with van der Waals surface area (Å²) in [5.74, 6) is -2.44. The van der Waals surface area contributed by atoms with Crippen LogP contribution in [0.15, 0.2) is 95.9 Å². The molecule has 0 heterocycles. The Hall–Kier alpha value is -7.06. The van der Waals surface area contributed by atoms with Crippen LogP contribution in [0.25, 0.3) is 11.1 Å². The number of benzene rings is 4. The van der Waals surface area contributed by atoms with Crippen molar-refractivity contribution in [2.75, 3.05) is 18.5 Å². The van der Waals surface area contributed by atoms with Crippen molar-refractivity contribution < 1.29 is 56.1 Å². The highest BCUT2D eigenvalue weighted by Crippen LogP contribution is 2.44. The quantitative estimate of drug-likeness (QED) is 0.0242. The highest BCUT2D eigenvalue weighted by Gasteiger charge is 2.32. The highest BCUT2D eigenvalue weighted by molar-refractivity contribution is 7.85. The standard InChI is InChI=1S/C40H42N6O13S/c1-23(2)35(45-39(50)57-22-32-30-10-5-3-8-28(30)29-9-4-6-11-31(29)32)37(48)44-33(12-7-19-42-38(41)49)36(47)43-25-14-13-24(34(20-25)60(54,55)56)21-58-40(51)59-27-17-15-26(16-18-27)46(52)53/h3-6,8-11,13-18,20,23,32-33,35H,7,12,19,21-22H2,1-2H3,(H,43,47)(H,44,48)(H,45,50)(H3,41,42,49)(H,54,55,56)/p-1/t33-,35-/m0/s1. The number of carbonyl (C=O) groups is 5. The largest absolute Gasteiger partial charge is 0.744 e. The van der Waals surface area contributed by atoms with Crippen LogP contribution in [-0.4, -0.2) is 73.2 Å². The second kappa shape index (κ2) is 19.6. The third kappa shape index (κ3) is 11.5. The van der Waals surface area contributed by atoms with Gasteiger partial charge in [0, 0.05) is 35.8 Å². The lowest BCUT2D eigenvalue weighted by atomic mass is 9.98. The van der Waals surface area contributed by atoms with Gasteiger partial charge in [0.05, 0.1) is 9.82 Å². The molecule has 0 spiro atoms. The number of urea groups is 1. The number of rotatable bonds is 17. The zero-order valence-electron chi connectivity index (χ0n) is 32.2. The van der Waals surface area contributed by atoms with Crippen LogP contribution in [-0.2, 0) is 35.8 Å². The van der Waals surface area contributed by atoms with Gasteiger partial charge in [0.2, 0.25) is 11.8 Å². The second-order valence-electron chi connectivity index (χ2n) is 13.8. The number of nitrogens with two attached hydrogens (primary N) is 1. The lowest BCUT2D eigenvalue weighted by Crippen LogP contribution is -2.54. The number of anilines is 1. The van der Waals surface area contributed by atoms with Crippen molar-refractivity contribution in [1.29, 1.82) is 0 Å². The maximum absolute atomic E-state index is 13.7. The number of nitro groups is 1. The van der Waals surface area contributed by atoms with E-state index in [1.54, 1.807) is 13.8 Å². The minimum Gasteiger partial charge on any atom is -0.744 e. The van der Waals surface area contributed by atoms with E-state index in [0.29, 0.717) is 0 Å². The maximum Gasteiger partial charge on any atom is 0.514 e. The van der Waals surface area contributed by atoms with Crippen LogP contribution >= 0.6 is 0 Å². The second-order valence-corrected chi connectivity index (χ2v) is 15.2. The number of ether oxygens (including phenoxy) is 3. The molecule has 1 aliphatic carbocycles. The summed E-state index contributed by atoms with van der Waals surface area (Å²) in [5, 5.41) is 20.9. The van der Waals surface area contributed by atoms with E-state index in [2.05, 4.69) is 21.3 Å². The Morgan fingerprint density at radius 2 is 1.48 bits per heavy atom. The number of nitro benzene ring substituents is 1. The van der Waals surface area contributed by atoms with Crippen LogP contribution in [0.1, 0.15) is 49.3 Å². The van der Waals surface area contributed by atoms with Gasteiger partial charge >= 0.3 is 18.3 Å². The van der Waals surface area contributed by atoms with Gasteiger partial charge in [-0.2, -0.15) is 0 Å². The van der Waals surface area contributed by atoms with E-state index in [4.69, 9.17) is 19.9 Å². The van der Waals surface area contributed by atoms with Crippen molar-refractivity contribution in [3.8, 4) is 16.9 Å². The molecule has 20 heteroatoms. The maximum atomic E-state index is 13.7. The van der Waals surface area contributed by atoms with Gasteiger partial charge in [-0.1, -0.05) is 68.4 Å². The van der Waals surface area contributed by atoms with Crippen molar-refractivity contribution in [3.63, 3.8) is 0 Å². The first-order valence-electron chi connectivity index (χ1n) is 18.5. The van der Waals surface area contributed by atoms with Crippen molar-refractivity contribution in [3.05, 3.63) is 118 Å². The molecule has 6 N–H and O–H groups in total. The van der Waals surface area contributed by atoms with Gasteiger partial charge in [-0.05, 0) is 65.3 Å². The van der Waals surface area contributed by atoms with Crippen LogP contribution in [0.2, 0.25) is 0 Å². The molecule has 0 aromatic heterocycles. The van der Waals surface area contributed by atoms with Gasteiger partial charge in [-0.15, -0.1) is 0 Å². The number of hydrogen-bond acceptors (Lipinski definition) is 13. The zero-order valence-corrected chi connectivity index (χ0v) is 33.1. The van der Waals surface area contributed by atoms with Crippen molar-refractivity contribution in [1.82, 2.24) is 16.0 Å². The fourth-order valence-electron chi connectivity index (χ4n) is 6.46. The Morgan fingerprint density at radius 1 is 0.850 bits per heavy atom. The van der Waals surface area contributed by atoms with Gasteiger partial charge in [-0.3, -0.25) is 19.7 Å². The van der Waals surface area contributed by atoms with Crippen LogP contribution in [0.4, 0.5) is 25.8 Å². The first kappa shape index (κ1) is 44.1. The van der Waals surface area contributed by atoms with E-state index < -0.39 is 74.6 Å². The summed E-state index contributed by atoms with van der Waals surface area (Å²) in [7, 11) is -5.22. The molecule has 5 rings (SSSR count). The third-order valence-electron chi connectivity index (χ3n) is 9.37. The van der Waals surface area contributed by atoms with Crippen LogP contribution in [0.3, 0.4) is 0 Å². The van der Waals surface area contributed by atoms with Gasteiger partial charge in [-0.25, -0.2) is 22.8 Å². The van der Waals surface area contributed by atoms with E-state index in [0.717, 1.165) is 58.7 Å². The van der Waals surface area contributed by atoms with Gasteiger partial charge in [0.15, 0.2) is 0 Å². The molecular formula is C40H41N6O13S-. The molecule has 0 fully saturated rings. The van der Waals surface area contributed by atoms with Crippen molar-refractivity contribution in [2.45, 2.75) is 56.2 Å². The van der Waals surface area contributed by atoms with Gasteiger partial charge in [0.25, 0.3) is 5.69 Å². The van der Waals surface area contributed by atoms with Gasteiger partial charge in [0.1, 0.15) is 41.2 Å². The number of alkyl carbamates (subject to hydrolysis) is 1. The summed E-state index contributed by atoms with van der Waals surface area (Å²) in [4.78, 5) is 73.3. The van der Waals surface area contributed by atoms with Gasteiger partial charge < -0.3 is 45.8 Å². The Kier molecular flexibility index (Phi) is 14.4. The molecule has 4 aromatic rings. The molecule has 1 aliphatic rings. The third-order valence-corrected chi connectivity index (χ3v) is 10.3. The van der Waals surface area contributed by atoms with E-state index in [1.807, 2.05) is 48.5 Å². The Balaban J connectivity index is 1.24. The monoisotopic (exact) mass is 845 g/mol. The molecule has 316 valence electrons. The fraction of sp³-hybridized carbons (Fsp3) is 0.275. The molecule has 2 atom stereocenters. The van der Waals surface area contributed by atoms with Crippen LogP contribution in [0, 0.1) is 16.0 Å². The SMILES string of the molecule is CC(C)[C@H](NC(=O)OCC1c2ccccc2-c2ccccc21)C(=O)N[C@@H](CCCNC(N)=O)C(=O)Nc1ccc(COC(=O)Oc2ccc([N+](=O)[O-])cc2)c(S(=O)(=O)[O-])c1. The molecule has 0 radical (unpaired) electrons. The van der Waals surface area contributed by atoms with E-state index in [9.17, 15) is 47.1 Å². The van der Waals surface area contributed by atoms with E-state index in [1.165, 1.54) is 6.07 Å². The molecule has 4 aromatic carbocycles. The molecular weight excluding hydrogens is 805 g/mol. The van der Waals surface area contributed by atoms with E-state index >= 15 is 0 Å². The summed E-state index contributed by atoms with van der Waals surface area (Å²) in [6.07, 6.45) is -2.11. The average Bonchev–Trinajstić information content (AvgIpc) is 3.52. The highest BCUT2D eigenvalue weighted by atomic mass is 32.2. The number of nitrogens with zero attached hydrogens (tertiary/aromatic N) is 1. The van der Waals surface area contributed by atoms with Crippen LogP contribution < -0.4 is 31.7 Å². The Bertz CT molecular complexity index is 2330. The lowest BCUT2D eigenvalue weighted by molar-refractivity contribution is -0.384. The zero-order chi connectivity index (χ0) is 43.6. The smallest absolute Gasteiger partial charge is 0.514 e. The molecule has 60 heavy (non-hydrogen) atoms. The first-order chi connectivity index (χ1) is 28.5. The summed E-state index contributed by atoms with van der Waals surface area (Å²) in [6.45, 7) is 2.61.